The maximum Gasteiger partial charge on any atom is 0.0325 e. The van der Waals surface area contributed by atoms with Gasteiger partial charge in [-0.1, -0.05) is 22.0 Å². The van der Waals surface area contributed by atoms with E-state index in [4.69, 9.17) is 0 Å². The number of hydrogen-bond acceptors (Lipinski definition) is 1. The molecule has 0 amide bonds. The summed E-state index contributed by atoms with van der Waals surface area (Å²) in [5.41, 5.74) is 3.07. The van der Waals surface area contributed by atoms with Gasteiger partial charge in [0.1, 0.15) is 0 Å². The number of benzene rings is 1. The highest BCUT2D eigenvalue weighted by Crippen LogP contribution is 2.34. The molecule has 0 saturated heterocycles. The summed E-state index contributed by atoms with van der Waals surface area (Å²) in [6, 6.07) is 8.16. The summed E-state index contributed by atoms with van der Waals surface area (Å²) >= 11 is 3.57. The molecule has 0 bridgehead atoms. The van der Waals surface area contributed by atoms with Crippen LogP contribution in [-0.4, -0.2) is 6.04 Å². The lowest BCUT2D eigenvalue weighted by Gasteiger charge is -2.26. The number of nitrogens with one attached hydrogen (secondary N) is 1. The quantitative estimate of drug-likeness (QED) is 0.862. The minimum absolute atomic E-state index is 0.610. The SMILES string of the molecule is Brc1ccc2c(c1)C(NC1CC1)CCC2. The third-order valence-electron chi connectivity index (χ3n) is 3.44. The first kappa shape index (κ1) is 9.86. The average molecular weight is 266 g/mol. The van der Waals surface area contributed by atoms with Crippen LogP contribution in [0.15, 0.2) is 22.7 Å². The fourth-order valence-corrected chi connectivity index (χ4v) is 2.86. The standard InChI is InChI=1S/C13H16BrN/c14-10-5-4-9-2-1-3-13(12(9)8-10)15-11-6-7-11/h4-5,8,11,13,15H,1-3,6-7H2. The molecule has 0 heterocycles. The Morgan fingerprint density at radius 1 is 1.20 bits per heavy atom. The number of aryl methyl sites for hydroxylation is 1. The lowest BCUT2D eigenvalue weighted by molar-refractivity contribution is 0.457. The van der Waals surface area contributed by atoms with Gasteiger partial charge in [-0.25, -0.2) is 0 Å². The fraction of sp³-hybridized carbons (Fsp3) is 0.538. The van der Waals surface area contributed by atoms with Crippen molar-refractivity contribution < 1.29 is 0 Å². The molecular formula is C13H16BrN. The van der Waals surface area contributed by atoms with E-state index in [-0.39, 0.29) is 0 Å². The number of fused-ring (bicyclic) bond motifs is 1. The lowest BCUT2D eigenvalue weighted by atomic mass is 9.88. The third-order valence-corrected chi connectivity index (χ3v) is 3.93. The molecule has 1 aromatic rings. The van der Waals surface area contributed by atoms with Crippen LogP contribution in [-0.2, 0) is 6.42 Å². The molecule has 1 unspecified atom stereocenters. The molecule has 3 rings (SSSR count). The van der Waals surface area contributed by atoms with E-state index in [0.29, 0.717) is 6.04 Å². The topological polar surface area (TPSA) is 12.0 Å². The molecule has 2 aliphatic rings. The van der Waals surface area contributed by atoms with Gasteiger partial charge in [-0.2, -0.15) is 0 Å². The molecule has 80 valence electrons. The van der Waals surface area contributed by atoms with E-state index in [0.717, 1.165) is 6.04 Å². The predicted octanol–water partition coefficient (Wildman–Crippen LogP) is 3.58. The first-order valence-electron chi connectivity index (χ1n) is 5.87. The minimum Gasteiger partial charge on any atom is -0.307 e. The van der Waals surface area contributed by atoms with Crippen molar-refractivity contribution in [1.29, 1.82) is 0 Å². The van der Waals surface area contributed by atoms with Gasteiger partial charge in [-0.15, -0.1) is 0 Å². The van der Waals surface area contributed by atoms with E-state index in [2.05, 4.69) is 39.4 Å². The maximum atomic E-state index is 3.76. The molecular weight excluding hydrogens is 250 g/mol. The number of rotatable bonds is 2. The average Bonchev–Trinajstić information content (AvgIpc) is 3.03. The van der Waals surface area contributed by atoms with Gasteiger partial charge in [0.05, 0.1) is 0 Å². The predicted molar refractivity (Wildman–Crippen MR) is 66.0 cm³/mol. The van der Waals surface area contributed by atoms with Crippen molar-refractivity contribution in [2.24, 2.45) is 0 Å². The van der Waals surface area contributed by atoms with Crippen LogP contribution in [0.5, 0.6) is 0 Å². The Morgan fingerprint density at radius 3 is 2.87 bits per heavy atom. The molecule has 1 aromatic carbocycles. The van der Waals surface area contributed by atoms with Gasteiger partial charge in [0.2, 0.25) is 0 Å². The van der Waals surface area contributed by atoms with Gasteiger partial charge >= 0.3 is 0 Å². The van der Waals surface area contributed by atoms with E-state index >= 15 is 0 Å². The number of hydrogen-bond donors (Lipinski definition) is 1. The molecule has 0 aromatic heterocycles. The first-order chi connectivity index (χ1) is 7.33. The second-order valence-electron chi connectivity index (χ2n) is 4.73. The van der Waals surface area contributed by atoms with Crippen molar-refractivity contribution in [2.45, 2.75) is 44.2 Å². The second kappa shape index (κ2) is 3.91. The molecule has 1 atom stereocenters. The van der Waals surface area contributed by atoms with E-state index < -0.39 is 0 Å². The summed E-state index contributed by atoms with van der Waals surface area (Å²) in [7, 11) is 0. The normalized spacial score (nSPS) is 25.0. The molecule has 0 aliphatic heterocycles. The second-order valence-corrected chi connectivity index (χ2v) is 5.64. The van der Waals surface area contributed by atoms with Crippen molar-refractivity contribution >= 4 is 15.9 Å². The van der Waals surface area contributed by atoms with Crippen LogP contribution in [0.2, 0.25) is 0 Å². The summed E-state index contributed by atoms with van der Waals surface area (Å²) < 4.78 is 1.21. The van der Waals surface area contributed by atoms with Crippen molar-refractivity contribution in [2.75, 3.05) is 0 Å². The van der Waals surface area contributed by atoms with Gasteiger partial charge in [0.15, 0.2) is 0 Å². The fourth-order valence-electron chi connectivity index (χ4n) is 2.48. The zero-order valence-corrected chi connectivity index (χ0v) is 10.4. The van der Waals surface area contributed by atoms with Crippen LogP contribution in [0.4, 0.5) is 0 Å². The summed E-state index contributed by atoms with van der Waals surface area (Å²) in [4.78, 5) is 0. The maximum absolute atomic E-state index is 3.76. The minimum atomic E-state index is 0.610. The highest BCUT2D eigenvalue weighted by Gasteiger charge is 2.27. The zero-order valence-electron chi connectivity index (χ0n) is 8.80. The van der Waals surface area contributed by atoms with Crippen LogP contribution >= 0.6 is 15.9 Å². The van der Waals surface area contributed by atoms with Crippen molar-refractivity contribution in [3.8, 4) is 0 Å². The van der Waals surface area contributed by atoms with Gasteiger partial charge < -0.3 is 5.32 Å². The molecule has 2 aliphatic carbocycles. The van der Waals surface area contributed by atoms with Crippen molar-refractivity contribution in [3.63, 3.8) is 0 Å². The Morgan fingerprint density at radius 2 is 2.07 bits per heavy atom. The third kappa shape index (κ3) is 2.11. The molecule has 0 radical (unpaired) electrons. The van der Waals surface area contributed by atoms with Gasteiger partial charge in [-0.05, 0) is 55.4 Å². The largest absolute Gasteiger partial charge is 0.307 e. The van der Waals surface area contributed by atoms with Crippen LogP contribution in [0.1, 0.15) is 42.9 Å². The smallest absolute Gasteiger partial charge is 0.0325 e. The summed E-state index contributed by atoms with van der Waals surface area (Å²) in [6.07, 6.45) is 6.64. The van der Waals surface area contributed by atoms with Crippen LogP contribution < -0.4 is 5.32 Å². The number of halogens is 1. The van der Waals surface area contributed by atoms with Crippen molar-refractivity contribution in [3.05, 3.63) is 33.8 Å². The van der Waals surface area contributed by atoms with E-state index in [1.807, 2.05) is 0 Å². The van der Waals surface area contributed by atoms with Gasteiger partial charge in [-0.3, -0.25) is 0 Å². The Labute approximate surface area is 99.4 Å². The molecule has 0 spiro atoms. The molecule has 15 heavy (non-hydrogen) atoms. The Balaban J connectivity index is 1.89. The highest BCUT2D eigenvalue weighted by atomic mass is 79.9. The Kier molecular flexibility index (Phi) is 2.57. The monoisotopic (exact) mass is 265 g/mol. The van der Waals surface area contributed by atoms with E-state index in [1.165, 1.54) is 42.1 Å². The summed E-state index contributed by atoms with van der Waals surface area (Å²) in [5.74, 6) is 0. The molecule has 1 nitrogen and oxygen atoms in total. The van der Waals surface area contributed by atoms with Gasteiger partial charge in [0, 0.05) is 16.6 Å². The summed E-state index contributed by atoms with van der Waals surface area (Å²) in [6.45, 7) is 0. The molecule has 2 heteroatoms. The zero-order chi connectivity index (χ0) is 10.3. The molecule has 1 fully saturated rings. The van der Waals surface area contributed by atoms with Crippen LogP contribution in [0, 0.1) is 0 Å². The first-order valence-corrected chi connectivity index (χ1v) is 6.66. The van der Waals surface area contributed by atoms with Crippen LogP contribution in [0.3, 0.4) is 0 Å². The van der Waals surface area contributed by atoms with E-state index in [9.17, 15) is 0 Å². The van der Waals surface area contributed by atoms with E-state index in [1.54, 1.807) is 5.56 Å². The highest BCUT2D eigenvalue weighted by molar-refractivity contribution is 9.10. The molecule has 1 saturated carbocycles. The van der Waals surface area contributed by atoms with Crippen molar-refractivity contribution in [1.82, 2.24) is 5.32 Å². The molecule has 1 N–H and O–H groups in total. The summed E-state index contributed by atoms with van der Waals surface area (Å²) in [5, 5.41) is 3.76. The van der Waals surface area contributed by atoms with Crippen LogP contribution in [0.25, 0.3) is 0 Å². The van der Waals surface area contributed by atoms with Gasteiger partial charge in [0.25, 0.3) is 0 Å². The Hall–Kier alpha value is -0.340. The Bertz CT molecular complexity index is 371. The lowest BCUT2D eigenvalue weighted by Crippen LogP contribution is -2.26.